The van der Waals surface area contributed by atoms with Crippen LogP contribution < -0.4 is 5.73 Å². The molecule has 1 atom stereocenters. The second kappa shape index (κ2) is 7.11. The molecule has 4 nitrogen and oxygen atoms in total. The third kappa shape index (κ3) is 3.67. The van der Waals surface area contributed by atoms with Crippen LogP contribution in [0.3, 0.4) is 0 Å². The molecule has 1 aliphatic heterocycles. The molecule has 21 heavy (non-hydrogen) atoms. The number of rotatable bonds is 5. The molecule has 0 aromatic carbocycles. The molecule has 3 heterocycles. The molecule has 0 amide bonds. The van der Waals surface area contributed by atoms with Gasteiger partial charge in [-0.1, -0.05) is 12.5 Å². The van der Waals surface area contributed by atoms with E-state index in [1.165, 1.54) is 25.8 Å². The number of hydrogen-bond acceptors (Lipinski definition) is 5. The van der Waals surface area contributed by atoms with Crippen molar-refractivity contribution in [3.8, 4) is 10.7 Å². The number of nitrogens with zero attached hydrogens (tertiary/aromatic N) is 3. The van der Waals surface area contributed by atoms with Crippen LogP contribution in [0.5, 0.6) is 0 Å². The molecule has 2 aromatic rings. The molecule has 1 unspecified atom stereocenters. The Morgan fingerprint density at radius 2 is 2.29 bits per heavy atom. The van der Waals surface area contributed by atoms with Gasteiger partial charge in [0.1, 0.15) is 5.01 Å². The van der Waals surface area contributed by atoms with Crippen LogP contribution in [0.4, 0.5) is 0 Å². The van der Waals surface area contributed by atoms with Crippen molar-refractivity contribution in [3.63, 3.8) is 0 Å². The molecule has 0 radical (unpaired) electrons. The molecule has 1 fully saturated rings. The fourth-order valence-corrected chi connectivity index (χ4v) is 3.77. The molecule has 1 aliphatic rings. The zero-order valence-corrected chi connectivity index (χ0v) is 13.1. The van der Waals surface area contributed by atoms with Crippen molar-refractivity contribution >= 4 is 11.3 Å². The molecule has 0 saturated carbocycles. The van der Waals surface area contributed by atoms with E-state index >= 15 is 0 Å². The van der Waals surface area contributed by atoms with Gasteiger partial charge in [-0.15, -0.1) is 11.3 Å². The Labute approximate surface area is 130 Å². The summed E-state index contributed by atoms with van der Waals surface area (Å²) < 4.78 is 0. The lowest BCUT2D eigenvalue weighted by Crippen LogP contribution is -2.40. The number of piperidine rings is 1. The van der Waals surface area contributed by atoms with E-state index in [1.54, 1.807) is 11.3 Å². The number of hydrogen-bond donors (Lipinski definition) is 1. The van der Waals surface area contributed by atoms with Crippen molar-refractivity contribution in [1.29, 1.82) is 0 Å². The van der Waals surface area contributed by atoms with E-state index in [2.05, 4.69) is 15.3 Å². The van der Waals surface area contributed by atoms with Crippen molar-refractivity contribution in [3.05, 3.63) is 35.5 Å². The molecule has 2 N–H and O–H groups in total. The molecule has 0 spiro atoms. The predicted octanol–water partition coefficient (Wildman–Crippen LogP) is 2.91. The number of thiazole rings is 1. The SMILES string of the molecule is NCCC1CCCCN1Cc1csc(-c2ccccn2)n1. The molecule has 2 aromatic heterocycles. The van der Waals surface area contributed by atoms with E-state index in [4.69, 9.17) is 10.7 Å². The molecule has 5 heteroatoms. The molecule has 0 aliphatic carbocycles. The summed E-state index contributed by atoms with van der Waals surface area (Å²) in [4.78, 5) is 11.7. The van der Waals surface area contributed by atoms with Crippen LogP contribution in [0.2, 0.25) is 0 Å². The normalized spacial score (nSPS) is 19.8. The van der Waals surface area contributed by atoms with Crippen LogP contribution in [-0.2, 0) is 6.54 Å². The molecule has 112 valence electrons. The summed E-state index contributed by atoms with van der Waals surface area (Å²) in [6, 6.07) is 6.58. The molecule has 1 saturated heterocycles. The molecule has 3 rings (SSSR count). The summed E-state index contributed by atoms with van der Waals surface area (Å²) in [7, 11) is 0. The van der Waals surface area contributed by atoms with Crippen LogP contribution in [0, 0.1) is 0 Å². The maximum Gasteiger partial charge on any atom is 0.142 e. The highest BCUT2D eigenvalue weighted by molar-refractivity contribution is 7.13. The number of nitrogens with two attached hydrogens (primary N) is 1. The van der Waals surface area contributed by atoms with Gasteiger partial charge in [-0.3, -0.25) is 9.88 Å². The zero-order chi connectivity index (χ0) is 14.5. The van der Waals surface area contributed by atoms with Crippen molar-refractivity contribution in [2.24, 2.45) is 5.73 Å². The summed E-state index contributed by atoms with van der Waals surface area (Å²) in [5.41, 5.74) is 7.87. The van der Waals surface area contributed by atoms with E-state index in [9.17, 15) is 0 Å². The highest BCUT2D eigenvalue weighted by atomic mass is 32.1. The van der Waals surface area contributed by atoms with Crippen molar-refractivity contribution in [2.45, 2.75) is 38.3 Å². The minimum Gasteiger partial charge on any atom is -0.330 e. The average molecular weight is 302 g/mol. The fraction of sp³-hybridized carbons (Fsp3) is 0.500. The second-order valence-corrected chi connectivity index (χ2v) is 6.41. The lowest BCUT2D eigenvalue weighted by molar-refractivity contribution is 0.132. The second-order valence-electron chi connectivity index (χ2n) is 5.56. The Morgan fingerprint density at radius 1 is 1.33 bits per heavy atom. The first-order valence-electron chi connectivity index (χ1n) is 7.67. The highest BCUT2D eigenvalue weighted by Gasteiger charge is 2.22. The summed E-state index contributed by atoms with van der Waals surface area (Å²) in [5, 5.41) is 3.18. The maximum absolute atomic E-state index is 5.75. The van der Waals surface area contributed by atoms with Crippen LogP contribution in [-0.4, -0.2) is 34.0 Å². The van der Waals surface area contributed by atoms with E-state index in [0.717, 1.165) is 35.9 Å². The topological polar surface area (TPSA) is 55.0 Å². The highest BCUT2D eigenvalue weighted by Crippen LogP contribution is 2.25. The molecule has 0 bridgehead atoms. The third-order valence-electron chi connectivity index (χ3n) is 4.05. The van der Waals surface area contributed by atoms with Crippen molar-refractivity contribution in [2.75, 3.05) is 13.1 Å². The van der Waals surface area contributed by atoms with Gasteiger partial charge in [-0.2, -0.15) is 0 Å². The van der Waals surface area contributed by atoms with Gasteiger partial charge in [0.05, 0.1) is 11.4 Å². The maximum atomic E-state index is 5.75. The quantitative estimate of drug-likeness (QED) is 0.922. The van der Waals surface area contributed by atoms with Gasteiger partial charge in [0.2, 0.25) is 0 Å². The summed E-state index contributed by atoms with van der Waals surface area (Å²) in [6.45, 7) is 2.88. The van der Waals surface area contributed by atoms with E-state index in [0.29, 0.717) is 6.04 Å². The Hall–Kier alpha value is -1.30. The minimum atomic E-state index is 0.628. The third-order valence-corrected chi connectivity index (χ3v) is 4.96. The largest absolute Gasteiger partial charge is 0.330 e. The first-order valence-corrected chi connectivity index (χ1v) is 8.54. The van der Waals surface area contributed by atoms with Gasteiger partial charge in [-0.25, -0.2) is 4.98 Å². The minimum absolute atomic E-state index is 0.628. The lowest BCUT2D eigenvalue weighted by atomic mass is 9.99. The Kier molecular flexibility index (Phi) is 4.95. The van der Waals surface area contributed by atoms with Gasteiger partial charge in [-0.05, 0) is 44.5 Å². The standard InChI is InChI=1S/C16H22N4S/c17-8-7-14-5-2-4-10-20(14)11-13-12-21-16(19-13)15-6-1-3-9-18-15/h1,3,6,9,12,14H,2,4-5,7-8,10-11,17H2. The van der Waals surface area contributed by atoms with Crippen LogP contribution in [0.15, 0.2) is 29.8 Å². The van der Waals surface area contributed by atoms with Crippen molar-refractivity contribution in [1.82, 2.24) is 14.9 Å². The first kappa shape index (κ1) is 14.6. The average Bonchev–Trinajstić information content (AvgIpc) is 2.99. The van der Waals surface area contributed by atoms with Crippen LogP contribution in [0.25, 0.3) is 10.7 Å². The summed E-state index contributed by atoms with van der Waals surface area (Å²) in [5.74, 6) is 0. The smallest absolute Gasteiger partial charge is 0.142 e. The molecular formula is C16H22N4S. The fourth-order valence-electron chi connectivity index (χ4n) is 2.98. The number of pyridine rings is 1. The first-order chi connectivity index (χ1) is 10.4. The monoisotopic (exact) mass is 302 g/mol. The summed E-state index contributed by atoms with van der Waals surface area (Å²) in [6.07, 6.45) is 6.81. The van der Waals surface area contributed by atoms with Gasteiger partial charge in [0, 0.05) is 24.2 Å². The summed E-state index contributed by atoms with van der Waals surface area (Å²) >= 11 is 1.68. The van der Waals surface area contributed by atoms with Gasteiger partial charge >= 0.3 is 0 Å². The lowest BCUT2D eigenvalue weighted by Gasteiger charge is -2.35. The van der Waals surface area contributed by atoms with E-state index < -0.39 is 0 Å². The van der Waals surface area contributed by atoms with Crippen LogP contribution in [0.1, 0.15) is 31.4 Å². The Balaban J connectivity index is 1.69. The number of aromatic nitrogens is 2. The zero-order valence-electron chi connectivity index (χ0n) is 12.2. The van der Waals surface area contributed by atoms with Crippen LogP contribution >= 0.6 is 11.3 Å². The van der Waals surface area contributed by atoms with Gasteiger partial charge in [0.15, 0.2) is 0 Å². The molecular weight excluding hydrogens is 280 g/mol. The van der Waals surface area contributed by atoms with E-state index in [-0.39, 0.29) is 0 Å². The van der Waals surface area contributed by atoms with Gasteiger partial charge in [0.25, 0.3) is 0 Å². The van der Waals surface area contributed by atoms with Gasteiger partial charge < -0.3 is 5.73 Å². The van der Waals surface area contributed by atoms with E-state index in [1.807, 2.05) is 24.4 Å². The number of likely N-dealkylation sites (tertiary alicyclic amines) is 1. The Morgan fingerprint density at radius 3 is 3.10 bits per heavy atom. The Bertz CT molecular complexity index is 552. The predicted molar refractivity (Wildman–Crippen MR) is 87.1 cm³/mol. The van der Waals surface area contributed by atoms with Crippen molar-refractivity contribution < 1.29 is 0 Å².